The average molecular weight is 347 g/mol. The standard InChI is InChI=1S/C18H18FNO3S/c1-13-8-10-15(11-9-13)24(21)17-16(14-6-4-3-5-7-14)20-23-18(17,12-19)22-2/h3-11,17H,12H2,1-2H3/t17-,18+,24-/m0/s1. The van der Waals surface area contributed by atoms with Crippen molar-refractivity contribution in [2.24, 2.45) is 5.16 Å². The maximum absolute atomic E-state index is 13.8. The number of rotatable bonds is 5. The largest absolute Gasteiger partial charge is 0.355 e. The fourth-order valence-corrected chi connectivity index (χ4v) is 4.20. The Morgan fingerprint density at radius 3 is 2.46 bits per heavy atom. The minimum absolute atomic E-state index is 0.425. The van der Waals surface area contributed by atoms with E-state index in [1.807, 2.05) is 49.4 Å². The van der Waals surface area contributed by atoms with E-state index in [4.69, 9.17) is 9.57 Å². The molecule has 0 fully saturated rings. The predicted molar refractivity (Wildman–Crippen MR) is 91.2 cm³/mol. The van der Waals surface area contributed by atoms with Crippen molar-refractivity contribution in [1.29, 1.82) is 0 Å². The van der Waals surface area contributed by atoms with E-state index in [0.29, 0.717) is 10.6 Å². The molecular weight excluding hydrogens is 329 g/mol. The van der Waals surface area contributed by atoms with Crippen LogP contribution in [0.2, 0.25) is 0 Å². The number of ether oxygens (including phenoxy) is 1. The number of oxime groups is 1. The van der Waals surface area contributed by atoms with Gasteiger partial charge in [-0.1, -0.05) is 53.2 Å². The van der Waals surface area contributed by atoms with Crippen molar-refractivity contribution in [3.8, 4) is 0 Å². The van der Waals surface area contributed by atoms with Crippen LogP contribution in [0, 0.1) is 6.92 Å². The summed E-state index contributed by atoms with van der Waals surface area (Å²) in [5.41, 5.74) is 2.21. The molecule has 24 heavy (non-hydrogen) atoms. The molecular formula is C18H18FNO3S. The second-order valence-corrected chi connectivity index (χ2v) is 7.11. The molecule has 0 aromatic heterocycles. The quantitative estimate of drug-likeness (QED) is 0.834. The van der Waals surface area contributed by atoms with Crippen LogP contribution in [0.3, 0.4) is 0 Å². The van der Waals surface area contributed by atoms with E-state index in [1.165, 1.54) is 7.11 Å². The van der Waals surface area contributed by atoms with Crippen molar-refractivity contribution in [2.45, 2.75) is 22.9 Å². The number of alkyl halides is 1. The molecule has 1 aliphatic heterocycles. The van der Waals surface area contributed by atoms with Crippen LogP contribution < -0.4 is 0 Å². The lowest BCUT2D eigenvalue weighted by Gasteiger charge is -2.28. The Kier molecular flexibility index (Phi) is 4.78. The molecule has 0 amide bonds. The Bertz CT molecular complexity index is 758. The minimum Gasteiger partial charge on any atom is -0.355 e. The molecule has 3 rings (SSSR count). The maximum Gasteiger partial charge on any atom is 0.285 e. The molecule has 6 heteroatoms. The van der Waals surface area contributed by atoms with Gasteiger partial charge in [0.2, 0.25) is 0 Å². The van der Waals surface area contributed by atoms with Gasteiger partial charge in [-0.05, 0) is 19.1 Å². The first-order valence-electron chi connectivity index (χ1n) is 7.51. The Balaban J connectivity index is 2.05. The van der Waals surface area contributed by atoms with Gasteiger partial charge in [0, 0.05) is 17.6 Å². The summed E-state index contributed by atoms with van der Waals surface area (Å²) in [5.74, 6) is -1.68. The molecule has 4 nitrogen and oxygen atoms in total. The van der Waals surface area contributed by atoms with Crippen LogP contribution in [0.5, 0.6) is 0 Å². The monoisotopic (exact) mass is 347 g/mol. The van der Waals surface area contributed by atoms with Gasteiger partial charge in [-0.25, -0.2) is 4.39 Å². The van der Waals surface area contributed by atoms with Crippen LogP contribution in [0.4, 0.5) is 4.39 Å². The smallest absolute Gasteiger partial charge is 0.285 e. The number of hydrogen-bond acceptors (Lipinski definition) is 4. The van der Waals surface area contributed by atoms with Crippen LogP contribution in [-0.4, -0.2) is 34.7 Å². The molecule has 0 aliphatic carbocycles. The number of methoxy groups -OCH3 is 1. The Morgan fingerprint density at radius 1 is 1.21 bits per heavy atom. The van der Waals surface area contributed by atoms with E-state index >= 15 is 0 Å². The van der Waals surface area contributed by atoms with E-state index in [9.17, 15) is 8.60 Å². The highest BCUT2D eigenvalue weighted by atomic mass is 32.2. The van der Waals surface area contributed by atoms with Gasteiger partial charge >= 0.3 is 0 Å². The number of benzene rings is 2. The van der Waals surface area contributed by atoms with Crippen molar-refractivity contribution in [3.63, 3.8) is 0 Å². The van der Waals surface area contributed by atoms with E-state index in [1.54, 1.807) is 12.1 Å². The molecule has 2 aromatic rings. The second-order valence-electron chi connectivity index (χ2n) is 5.57. The fourth-order valence-electron chi connectivity index (χ4n) is 2.61. The zero-order valence-corrected chi connectivity index (χ0v) is 14.3. The summed E-state index contributed by atoms with van der Waals surface area (Å²) in [4.78, 5) is 5.86. The molecule has 0 spiro atoms. The molecule has 0 unspecified atom stereocenters. The van der Waals surface area contributed by atoms with Crippen LogP contribution in [0.1, 0.15) is 11.1 Å². The highest BCUT2D eigenvalue weighted by Crippen LogP contribution is 2.34. The third-order valence-corrected chi connectivity index (χ3v) is 5.76. The van der Waals surface area contributed by atoms with Gasteiger partial charge in [0.1, 0.15) is 5.71 Å². The van der Waals surface area contributed by atoms with Crippen LogP contribution in [0.15, 0.2) is 64.6 Å². The second kappa shape index (κ2) is 6.83. The van der Waals surface area contributed by atoms with Gasteiger partial charge in [-0.15, -0.1) is 0 Å². The van der Waals surface area contributed by atoms with Gasteiger partial charge < -0.3 is 9.57 Å². The zero-order valence-electron chi connectivity index (χ0n) is 13.4. The maximum atomic E-state index is 13.8. The zero-order chi connectivity index (χ0) is 17.2. The van der Waals surface area contributed by atoms with Gasteiger partial charge in [0.05, 0.1) is 10.8 Å². The number of aryl methyl sites for hydroxylation is 1. The highest BCUT2D eigenvalue weighted by molar-refractivity contribution is 7.86. The summed E-state index contributed by atoms with van der Waals surface area (Å²) in [5, 5.41) is 3.14. The van der Waals surface area contributed by atoms with Gasteiger partial charge in [-0.2, -0.15) is 0 Å². The van der Waals surface area contributed by atoms with Crippen molar-refractivity contribution in [3.05, 3.63) is 65.7 Å². The summed E-state index contributed by atoms with van der Waals surface area (Å²) in [6, 6.07) is 16.5. The van der Waals surface area contributed by atoms with E-state index in [0.717, 1.165) is 11.1 Å². The topological polar surface area (TPSA) is 47.9 Å². The molecule has 0 N–H and O–H groups in total. The summed E-state index contributed by atoms with van der Waals surface area (Å²) >= 11 is 0. The summed E-state index contributed by atoms with van der Waals surface area (Å²) in [6.45, 7) is 0.995. The number of hydrogen-bond donors (Lipinski definition) is 0. The van der Waals surface area contributed by atoms with Crippen LogP contribution in [0.25, 0.3) is 0 Å². The van der Waals surface area contributed by atoms with Crippen LogP contribution in [-0.2, 0) is 20.4 Å². The molecule has 0 saturated carbocycles. The SMILES string of the molecule is CO[C@]1(CF)ON=C(c2ccccc2)[C@@H]1[S@@](=O)c1ccc(C)cc1. The first kappa shape index (κ1) is 16.8. The molecule has 1 aliphatic rings. The lowest BCUT2D eigenvalue weighted by atomic mass is 10.0. The van der Waals surface area contributed by atoms with Crippen molar-refractivity contribution in [1.82, 2.24) is 0 Å². The lowest BCUT2D eigenvalue weighted by Crippen LogP contribution is -2.50. The third kappa shape index (κ3) is 2.87. The van der Waals surface area contributed by atoms with Gasteiger partial charge in [0.25, 0.3) is 5.79 Å². The van der Waals surface area contributed by atoms with Gasteiger partial charge in [-0.3, -0.25) is 4.21 Å². The van der Waals surface area contributed by atoms with Crippen LogP contribution >= 0.6 is 0 Å². The molecule has 2 aromatic carbocycles. The molecule has 3 atom stereocenters. The molecule has 0 saturated heterocycles. The average Bonchev–Trinajstić information content (AvgIpc) is 3.02. The summed E-state index contributed by atoms with van der Waals surface area (Å²) < 4.78 is 32.2. The number of nitrogens with zero attached hydrogens (tertiary/aromatic N) is 1. The predicted octanol–water partition coefficient (Wildman–Crippen LogP) is 3.22. The van der Waals surface area contributed by atoms with E-state index in [-0.39, 0.29) is 0 Å². The van der Waals surface area contributed by atoms with Crippen molar-refractivity contribution < 1.29 is 18.2 Å². The first-order valence-corrected chi connectivity index (χ1v) is 8.72. The Hall–Kier alpha value is -2.05. The van der Waals surface area contributed by atoms with E-state index in [2.05, 4.69) is 5.16 Å². The fraction of sp³-hybridized carbons (Fsp3) is 0.278. The number of halogens is 1. The van der Waals surface area contributed by atoms with Gasteiger partial charge in [0.15, 0.2) is 11.9 Å². The Labute approximate surface area is 142 Å². The normalized spacial score (nSPS) is 24.3. The summed E-state index contributed by atoms with van der Waals surface area (Å²) in [6.07, 6.45) is 0. The van der Waals surface area contributed by atoms with Crippen molar-refractivity contribution >= 4 is 16.5 Å². The molecule has 0 radical (unpaired) electrons. The molecule has 0 bridgehead atoms. The van der Waals surface area contributed by atoms with Crippen molar-refractivity contribution in [2.75, 3.05) is 13.8 Å². The highest BCUT2D eigenvalue weighted by Gasteiger charge is 2.54. The minimum atomic E-state index is -1.68. The molecule has 126 valence electrons. The first-order chi connectivity index (χ1) is 11.6. The Morgan fingerprint density at radius 2 is 1.88 bits per heavy atom. The van der Waals surface area contributed by atoms with E-state index < -0.39 is 28.5 Å². The lowest BCUT2D eigenvalue weighted by molar-refractivity contribution is -0.211. The molecule has 1 heterocycles. The summed E-state index contributed by atoms with van der Waals surface area (Å²) in [7, 11) is -0.252. The third-order valence-electron chi connectivity index (χ3n) is 4.02.